The fourth-order valence-corrected chi connectivity index (χ4v) is 1.87. The van der Waals surface area contributed by atoms with E-state index in [1.54, 1.807) is 0 Å². The fraction of sp³-hybridized carbons (Fsp3) is 0.562. The van der Waals surface area contributed by atoms with Gasteiger partial charge in [0, 0.05) is 20.1 Å². The van der Waals surface area contributed by atoms with E-state index in [0.717, 1.165) is 19.0 Å². The lowest BCUT2D eigenvalue weighted by Gasteiger charge is -2.16. The number of unbranched alkanes of at least 4 members (excludes halogenated alkanes) is 1. The number of hydrogen-bond acceptors (Lipinski definition) is 1. The van der Waals surface area contributed by atoms with Gasteiger partial charge in [-0.05, 0) is 24.8 Å². The number of hydrogen-bond donors (Lipinski definition) is 2. The van der Waals surface area contributed by atoms with Gasteiger partial charge in [0.25, 0.3) is 0 Å². The molecule has 0 aliphatic heterocycles. The number of guanidine groups is 1. The zero-order chi connectivity index (χ0) is 14.1. The van der Waals surface area contributed by atoms with Crippen molar-refractivity contribution in [2.45, 2.75) is 39.5 Å². The molecule has 0 fully saturated rings. The molecule has 106 valence electrons. The van der Waals surface area contributed by atoms with Gasteiger partial charge in [-0.1, -0.05) is 50.1 Å². The number of nitrogens with one attached hydrogen (secondary N) is 2. The van der Waals surface area contributed by atoms with E-state index in [1.807, 2.05) is 7.05 Å². The molecule has 1 atom stereocenters. The zero-order valence-electron chi connectivity index (χ0n) is 12.7. The molecule has 2 N–H and O–H groups in total. The molecule has 0 aliphatic rings. The Morgan fingerprint density at radius 3 is 2.47 bits per heavy atom. The molecule has 0 heterocycles. The molecule has 1 aromatic rings. The second-order valence-electron chi connectivity index (χ2n) is 5.05. The highest BCUT2D eigenvalue weighted by Gasteiger charge is 2.06. The molecule has 0 radical (unpaired) electrons. The van der Waals surface area contributed by atoms with Crippen molar-refractivity contribution in [3.05, 3.63) is 35.4 Å². The maximum Gasteiger partial charge on any atom is 0.190 e. The van der Waals surface area contributed by atoms with E-state index in [4.69, 9.17) is 0 Å². The summed E-state index contributed by atoms with van der Waals surface area (Å²) in [4.78, 5) is 4.23. The molecule has 0 bridgehead atoms. The Hall–Kier alpha value is -1.51. The van der Waals surface area contributed by atoms with Gasteiger partial charge in [0.05, 0.1) is 0 Å². The first-order chi connectivity index (χ1) is 9.17. The minimum absolute atomic E-state index is 0.477. The van der Waals surface area contributed by atoms with Crippen LogP contribution in [0.4, 0.5) is 0 Å². The summed E-state index contributed by atoms with van der Waals surface area (Å²) in [5.41, 5.74) is 2.67. The van der Waals surface area contributed by atoms with Crippen molar-refractivity contribution in [1.82, 2.24) is 10.6 Å². The van der Waals surface area contributed by atoms with Crippen molar-refractivity contribution < 1.29 is 0 Å². The quantitative estimate of drug-likeness (QED) is 0.469. The van der Waals surface area contributed by atoms with Crippen molar-refractivity contribution in [2.24, 2.45) is 4.99 Å². The smallest absolute Gasteiger partial charge is 0.190 e. The van der Waals surface area contributed by atoms with E-state index >= 15 is 0 Å². The minimum atomic E-state index is 0.477. The number of rotatable bonds is 6. The van der Waals surface area contributed by atoms with Gasteiger partial charge in [0.1, 0.15) is 0 Å². The maximum atomic E-state index is 4.23. The van der Waals surface area contributed by atoms with Gasteiger partial charge in [-0.25, -0.2) is 0 Å². The van der Waals surface area contributed by atoms with E-state index in [1.165, 1.54) is 24.0 Å². The predicted octanol–water partition coefficient (Wildman–Crippen LogP) is 3.06. The van der Waals surface area contributed by atoms with Gasteiger partial charge < -0.3 is 10.6 Å². The number of benzene rings is 1. The predicted molar refractivity (Wildman–Crippen MR) is 83.9 cm³/mol. The second kappa shape index (κ2) is 8.57. The van der Waals surface area contributed by atoms with Crippen LogP contribution in [0.15, 0.2) is 29.3 Å². The molecule has 1 rings (SSSR count). The molecular formula is C16H27N3. The van der Waals surface area contributed by atoms with Gasteiger partial charge in [-0.2, -0.15) is 0 Å². The lowest BCUT2D eigenvalue weighted by atomic mass is 10.0. The summed E-state index contributed by atoms with van der Waals surface area (Å²) in [7, 11) is 1.82. The fourth-order valence-electron chi connectivity index (χ4n) is 1.87. The van der Waals surface area contributed by atoms with Crippen molar-refractivity contribution >= 4 is 5.96 Å². The monoisotopic (exact) mass is 261 g/mol. The third-order valence-corrected chi connectivity index (χ3v) is 3.27. The molecule has 19 heavy (non-hydrogen) atoms. The van der Waals surface area contributed by atoms with Crippen LogP contribution in [-0.4, -0.2) is 26.1 Å². The van der Waals surface area contributed by atoms with Crippen LogP contribution in [0.5, 0.6) is 0 Å². The van der Waals surface area contributed by atoms with Crippen LogP contribution in [-0.2, 0) is 0 Å². The van der Waals surface area contributed by atoms with Gasteiger partial charge in [0.2, 0.25) is 0 Å². The van der Waals surface area contributed by atoms with Crippen molar-refractivity contribution in [3.63, 3.8) is 0 Å². The first kappa shape index (κ1) is 15.5. The Morgan fingerprint density at radius 1 is 1.21 bits per heavy atom. The average molecular weight is 261 g/mol. The van der Waals surface area contributed by atoms with Gasteiger partial charge >= 0.3 is 0 Å². The number of nitrogens with zero attached hydrogens (tertiary/aromatic N) is 1. The Labute approximate surface area is 117 Å². The molecule has 1 aromatic carbocycles. The molecule has 0 saturated heterocycles. The van der Waals surface area contributed by atoms with Crippen molar-refractivity contribution in [1.29, 1.82) is 0 Å². The molecule has 1 unspecified atom stereocenters. The third kappa shape index (κ3) is 5.77. The highest BCUT2D eigenvalue weighted by atomic mass is 15.2. The van der Waals surface area contributed by atoms with Gasteiger partial charge in [-0.3, -0.25) is 4.99 Å². The largest absolute Gasteiger partial charge is 0.356 e. The van der Waals surface area contributed by atoms with Crippen LogP contribution in [0.1, 0.15) is 43.7 Å². The summed E-state index contributed by atoms with van der Waals surface area (Å²) in [5.74, 6) is 1.37. The second-order valence-corrected chi connectivity index (χ2v) is 5.05. The lowest BCUT2D eigenvalue weighted by Crippen LogP contribution is -2.39. The molecule has 0 saturated carbocycles. The Balaban J connectivity index is 2.39. The first-order valence-electron chi connectivity index (χ1n) is 7.18. The first-order valence-corrected chi connectivity index (χ1v) is 7.18. The van der Waals surface area contributed by atoms with Crippen LogP contribution in [0, 0.1) is 6.92 Å². The third-order valence-electron chi connectivity index (χ3n) is 3.27. The van der Waals surface area contributed by atoms with Crippen molar-refractivity contribution in [3.8, 4) is 0 Å². The molecule has 0 aliphatic carbocycles. The highest BCUT2D eigenvalue weighted by molar-refractivity contribution is 5.79. The summed E-state index contributed by atoms with van der Waals surface area (Å²) in [5, 5.41) is 6.71. The Kier molecular flexibility index (Phi) is 7.01. The van der Waals surface area contributed by atoms with Gasteiger partial charge in [-0.15, -0.1) is 0 Å². The maximum absolute atomic E-state index is 4.23. The summed E-state index contributed by atoms with van der Waals surface area (Å²) < 4.78 is 0. The molecule has 0 amide bonds. The van der Waals surface area contributed by atoms with Gasteiger partial charge in [0.15, 0.2) is 5.96 Å². The molecule has 3 heteroatoms. The van der Waals surface area contributed by atoms with E-state index in [9.17, 15) is 0 Å². The van der Waals surface area contributed by atoms with E-state index < -0.39 is 0 Å². The summed E-state index contributed by atoms with van der Waals surface area (Å²) in [6, 6.07) is 8.74. The minimum Gasteiger partial charge on any atom is -0.356 e. The Morgan fingerprint density at radius 2 is 1.89 bits per heavy atom. The van der Waals surface area contributed by atoms with Crippen LogP contribution in [0.25, 0.3) is 0 Å². The van der Waals surface area contributed by atoms with E-state index in [0.29, 0.717) is 5.92 Å². The summed E-state index contributed by atoms with van der Waals surface area (Å²) in [6.45, 7) is 8.42. The van der Waals surface area contributed by atoms with E-state index in [2.05, 4.69) is 60.7 Å². The van der Waals surface area contributed by atoms with E-state index in [-0.39, 0.29) is 0 Å². The van der Waals surface area contributed by atoms with Crippen LogP contribution < -0.4 is 10.6 Å². The molecule has 3 nitrogen and oxygen atoms in total. The molecule has 0 aromatic heterocycles. The SMILES string of the molecule is CCCCNC(=NC)NCC(C)c1ccc(C)cc1. The average Bonchev–Trinajstić information content (AvgIpc) is 2.43. The van der Waals surface area contributed by atoms with Crippen LogP contribution in [0.3, 0.4) is 0 Å². The number of aryl methyl sites for hydroxylation is 1. The van der Waals surface area contributed by atoms with Crippen molar-refractivity contribution in [2.75, 3.05) is 20.1 Å². The lowest BCUT2D eigenvalue weighted by molar-refractivity contribution is 0.685. The molecule has 0 spiro atoms. The summed E-state index contributed by atoms with van der Waals surface area (Å²) >= 11 is 0. The Bertz CT molecular complexity index is 381. The zero-order valence-corrected chi connectivity index (χ0v) is 12.7. The topological polar surface area (TPSA) is 36.4 Å². The van der Waals surface area contributed by atoms with Crippen LogP contribution >= 0.6 is 0 Å². The standard InChI is InChI=1S/C16H27N3/c1-5-6-11-18-16(17-4)19-12-14(3)15-9-7-13(2)8-10-15/h7-10,14H,5-6,11-12H2,1-4H3,(H2,17,18,19). The highest BCUT2D eigenvalue weighted by Crippen LogP contribution is 2.14. The normalized spacial score (nSPS) is 13.2. The molecular weight excluding hydrogens is 234 g/mol. The number of aliphatic imine (C=N–C) groups is 1. The summed E-state index contributed by atoms with van der Waals surface area (Å²) in [6.07, 6.45) is 2.37. The van der Waals surface area contributed by atoms with Crippen LogP contribution in [0.2, 0.25) is 0 Å².